The van der Waals surface area contributed by atoms with E-state index in [2.05, 4.69) is 5.32 Å². The van der Waals surface area contributed by atoms with Crippen molar-refractivity contribution >= 4 is 29.9 Å². The summed E-state index contributed by atoms with van der Waals surface area (Å²) in [6, 6.07) is 7.74. The Morgan fingerprint density at radius 2 is 2.21 bits per heavy atom. The number of nitrogens with two attached hydrogens (primary N) is 1. The number of hydrogen-bond donors (Lipinski definition) is 2. The fraction of sp³-hybridized carbons (Fsp3) is 0.500. The lowest BCUT2D eigenvalue weighted by molar-refractivity contribution is -0.125. The molecule has 3 nitrogen and oxygen atoms in total. The first-order valence-electron chi connectivity index (χ1n) is 6.37. The van der Waals surface area contributed by atoms with Crippen molar-refractivity contribution in [3.63, 3.8) is 0 Å². The number of amides is 1. The molecule has 0 radical (unpaired) electrons. The topological polar surface area (TPSA) is 55.1 Å². The maximum Gasteiger partial charge on any atom is 0.223 e. The van der Waals surface area contributed by atoms with E-state index in [-0.39, 0.29) is 36.3 Å². The van der Waals surface area contributed by atoms with Crippen molar-refractivity contribution in [3.8, 4) is 0 Å². The van der Waals surface area contributed by atoms with Crippen molar-refractivity contribution in [2.75, 3.05) is 0 Å². The molecule has 19 heavy (non-hydrogen) atoms. The van der Waals surface area contributed by atoms with Crippen molar-refractivity contribution in [1.82, 2.24) is 5.32 Å². The molecule has 0 bridgehead atoms. The van der Waals surface area contributed by atoms with Gasteiger partial charge in [0.25, 0.3) is 0 Å². The molecule has 1 saturated carbocycles. The van der Waals surface area contributed by atoms with Crippen LogP contribution in [0.5, 0.6) is 0 Å². The third-order valence-electron chi connectivity index (χ3n) is 3.55. The maximum absolute atomic E-state index is 12.1. The second-order valence-electron chi connectivity index (χ2n) is 5.06. The van der Waals surface area contributed by atoms with Crippen LogP contribution in [0.2, 0.25) is 5.02 Å². The molecular weight excluding hydrogens is 283 g/mol. The Labute approximate surface area is 125 Å². The number of carbonyl (C=O) groups is 1. The van der Waals surface area contributed by atoms with Gasteiger partial charge in [-0.25, -0.2) is 0 Å². The van der Waals surface area contributed by atoms with E-state index in [9.17, 15) is 4.79 Å². The Morgan fingerprint density at radius 1 is 1.47 bits per heavy atom. The van der Waals surface area contributed by atoms with Crippen LogP contribution in [0.4, 0.5) is 0 Å². The summed E-state index contributed by atoms with van der Waals surface area (Å²) in [7, 11) is 0. The van der Waals surface area contributed by atoms with E-state index in [1.54, 1.807) is 0 Å². The highest BCUT2D eigenvalue weighted by Gasteiger charge is 2.28. The molecule has 1 aliphatic rings. The summed E-state index contributed by atoms with van der Waals surface area (Å²) in [6.45, 7) is 1.97. The Hall–Kier alpha value is -0.770. The van der Waals surface area contributed by atoms with Crippen molar-refractivity contribution in [2.24, 2.45) is 11.7 Å². The number of benzene rings is 1. The maximum atomic E-state index is 12.1. The van der Waals surface area contributed by atoms with Crippen LogP contribution in [0.15, 0.2) is 24.3 Å². The van der Waals surface area contributed by atoms with Crippen molar-refractivity contribution in [2.45, 2.75) is 38.3 Å². The molecule has 3 unspecified atom stereocenters. The van der Waals surface area contributed by atoms with Gasteiger partial charge in [-0.2, -0.15) is 0 Å². The van der Waals surface area contributed by atoms with Gasteiger partial charge in [0, 0.05) is 17.0 Å². The molecule has 1 aromatic rings. The molecule has 3 atom stereocenters. The summed E-state index contributed by atoms with van der Waals surface area (Å²) in [4.78, 5) is 12.1. The molecule has 3 N–H and O–H groups in total. The zero-order valence-corrected chi connectivity index (χ0v) is 12.5. The van der Waals surface area contributed by atoms with E-state index in [1.165, 1.54) is 0 Å². The zero-order chi connectivity index (χ0) is 13.1. The Balaban J connectivity index is 0.00000180. The normalized spacial score (nSPS) is 23.5. The first-order chi connectivity index (χ1) is 8.56. The summed E-state index contributed by atoms with van der Waals surface area (Å²) in [6.07, 6.45) is 2.65. The van der Waals surface area contributed by atoms with Crippen molar-refractivity contribution in [1.29, 1.82) is 0 Å². The molecule has 0 spiro atoms. The number of carbonyl (C=O) groups excluding carboxylic acids is 1. The largest absolute Gasteiger partial charge is 0.349 e. The van der Waals surface area contributed by atoms with Crippen LogP contribution >= 0.6 is 24.0 Å². The van der Waals surface area contributed by atoms with Crippen LogP contribution in [0.1, 0.15) is 37.8 Å². The molecule has 0 aliphatic heterocycles. The highest BCUT2D eigenvalue weighted by molar-refractivity contribution is 6.30. The van der Waals surface area contributed by atoms with Gasteiger partial charge in [0.2, 0.25) is 5.91 Å². The average Bonchev–Trinajstić information content (AvgIpc) is 2.76. The molecule has 0 heterocycles. The third-order valence-corrected chi connectivity index (χ3v) is 3.79. The fourth-order valence-corrected chi connectivity index (χ4v) is 2.64. The Bertz CT molecular complexity index is 439. The van der Waals surface area contributed by atoms with E-state index in [4.69, 9.17) is 17.3 Å². The predicted molar refractivity (Wildman–Crippen MR) is 80.6 cm³/mol. The lowest BCUT2D eigenvalue weighted by atomic mass is 10.0. The van der Waals surface area contributed by atoms with Crippen molar-refractivity contribution < 1.29 is 4.79 Å². The smallest absolute Gasteiger partial charge is 0.223 e. The molecule has 0 aromatic heterocycles. The molecule has 2 rings (SSSR count). The lowest BCUT2D eigenvalue weighted by Crippen LogP contribution is -2.32. The minimum Gasteiger partial charge on any atom is -0.349 e. The molecule has 106 valence electrons. The summed E-state index contributed by atoms with van der Waals surface area (Å²) in [5.41, 5.74) is 6.85. The SMILES string of the molecule is CC(NC(=O)C1CCC(N)C1)c1cccc(Cl)c1.Cl. The van der Waals surface area contributed by atoms with Gasteiger partial charge in [-0.3, -0.25) is 4.79 Å². The van der Waals surface area contributed by atoms with Crippen LogP contribution in [-0.2, 0) is 4.79 Å². The first kappa shape index (κ1) is 16.3. The van der Waals surface area contributed by atoms with Crippen LogP contribution in [0, 0.1) is 5.92 Å². The van der Waals surface area contributed by atoms with Crippen LogP contribution in [0.3, 0.4) is 0 Å². The summed E-state index contributed by atoms with van der Waals surface area (Å²) in [5, 5.41) is 3.72. The van der Waals surface area contributed by atoms with E-state index in [1.807, 2.05) is 31.2 Å². The third kappa shape index (κ3) is 4.37. The quantitative estimate of drug-likeness (QED) is 0.901. The zero-order valence-electron chi connectivity index (χ0n) is 10.9. The van der Waals surface area contributed by atoms with E-state index >= 15 is 0 Å². The first-order valence-corrected chi connectivity index (χ1v) is 6.75. The molecular formula is C14H20Cl2N2O. The van der Waals surface area contributed by atoms with E-state index in [0.717, 1.165) is 24.8 Å². The van der Waals surface area contributed by atoms with Gasteiger partial charge in [0.1, 0.15) is 0 Å². The molecule has 1 amide bonds. The van der Waals surface area contributed by atoms with Crippen LogP contribution < -0.4 is 11.1 Å². The minimum absolute atomic E-state index is 0. The van der Waals surface area contributed by atoms with Crippen molar-refractivity contribution in [3.05, 3.63) is 34.9 Å². The number of rotatable bonds is 3. The number of hydrogen-bond acceptors (Lipinski definition) is 2. The van der Waals surface area contributed by atoms with Gasteiger partial charge in [-0.1, -0.05) is 23.7 Å². The highest BCUT2D eigenvalue weighted by Crippen LogP contribution is 2.25. The molecule has 1 aromatic carbocycles. The van der Waals surface area contributed by atoms with E-state index < -0.39 is 0 Å². The second kappa shape index (κ2) is 7.13. The number of halogens is 2. The highest BCUT2D eigenvalue weighted by atomic mass is 35.5. The van der Waals surface area contributed by atoms with Crippen LogP contribution in [-0.4, -0.2) is 11.9 Å². The summed E-state index contributed by atoms with van der Waals surface area (Å²) >= 11 is 5.94. The molecule has 0 saturated heterocycles. The second-order valence-corrected chi connectivity index (χ2v) is 5.49. The molecule has 1 fully saturated rings. The number of nitrogens with one attached hydrogen (secondary N) is 1. The lowest BCUT2D eigenvalue weighted by Gasteiger charge is -2.17. The Kier molecular flexibility index (Phi) is 6.11. The van der Waals surface area contributed by atoms with Gasteiger partial charge < -0.3 is 11.1 Å². The van der Waals surface area contributed by atoms with Gasteiger partial charge in [-0.15, -0.1) is 12.4 Å². The van der Waals surface area contributed by atoms with Crippen LogP contribution in [0.25, 0.3) is 0 Å². The van der Waals surface area contributed by atoms with E-state index in [0.29, 0.717) is 5.02 Å². The fourth-order valence-electron chi connectivity index (χ4n) is 2.45. The molecule has 1 aliphatic carbocycles. The Morgan fingerprint density at radius 3 is 2.79 bits per heavy atom. The summed E-state index contributed by atoms with van der Waals surface area (Å²) < 4.78 is 0. The monoisotopic (exact) mass is 302 g/mol. The summed E-state index contributed by atoms with van der Waals surface area (Å²) in [5.74, 6) is 0.178. The predicted octanol–water partition coefficient (Wildman–Crippen LogP) is 3.07. The minimum atomic E-state index is -0.0203. The van der Waals surface area contributed by atoms with Gasteiger partial charge in [-0.05, 0) is 43.9 Å². The standard InChI is InChI=1S/C14H19ClN2O.ClH/c1-9(10-3-2-4-12(15)7-10)17-14(18)11-5-6-13(16)8-11;/h2-4,7,9,11,13H,5-6,8,16H2,1H3,(H,17,18);1H. The average molecular weight is 303 g/mol. The van der Waals surface area contributed by atoms with Gasteiger partial charge in [0.05, 0.1) is 6.04 Å². The molecule has 5 heteroatoms. The van der Waals surface area contributed by atoms with Gasteiger partial charge in [0.15, 0.2) is 0 Å². The van der Waals surface area contributed by atoms with Gasteiger partial charge >= 0.3 is 0 Å².